The number of rotatable bonds is 10. The number of aliphatic imine (C=N–C) groups is 1. The van der Waals surface area contributed by atoms with Gasteiger partial charge in [0.15, 0.2) is 5.96 Å². The molecule has 0 aromatic heterocycles. The van der Waals surface area contributed by atoms with E-state index in [-0.39, 0.29) is 35.1 Å². The predicted molar refractivity (Wildman–Crippen MR) is 114 cm³/mol. The van der Waals surface area contributed by atoms with Crippen LogP contribution in [0.2, 0.25) is 0 Å². The lowest BCUT2D eigenvalue weighted by atomic mass is 9.67. The lowest BCUT2D eigenvalue weighted by Gasteiger charge is -2.42. The molecular weight excluding hydrogens is 453 g/mol. The van der Waals surface area contributed by atoms with Crippen LogP contribution in [-0.2, 0) is 14.6 Å². The number of ether oxygens (including phenoxy) is 1. The van der Waals surface area contributed by atoms with Gasteiger partial charge in [0.2, 0.25) is 0 Å². The van der Waals surface area contributed by atoms with Crippen LogP contribution in [-0.4, -0.2) is 59.7 Å². The van der Waals surface area contributed by atoms with Gasteiger partial charge in [0.25, 0.3) is 0 Å². The van der Waals surface area contributed by atoms with Gasteiger partial charge in [-0.15, -0.1) is 24.0 Å². The van der Waals surface area contributed by atoms with Crippen LogP contribution in [0.1, 0.15) is 45.4 Å². The number of sulfone groups is 1. The fourth-order valence-electron chi connectivity index (χ4n) is 3.45. The van der Waals surface area contributed by atoms with Crippen LogP contribution < -0.4 is 10.6 Å². The molecule has 0 bridgehead atoms. The third-order valence-electron chi connectivity index (χ3n) is 5.32. The van der Waals surface area contributed by atoms with Crippen molar-refractivity contribution in [1.82, 2.24) is 10.6 Å². The highest BCUT2D eigenvalue weighted by Crippen LogP contribution is 2.47. The summed E-state index contributed by atoms with van der Waals surface area (Å²) in [6.45, 7) is 5.13. The van der Waals surface area contributed by atoms with Crippen LogP contribution in [0.4, 0.5) is 0 Å². The molecule has 2 fully saturated rings. The van der Waals surface area contributed by atoms with Gasteiger partial charge in [-0.25, -0.2) is 8.42 Å². The molecule has 0 radical (unpaired) electrons. The second-order valence-electron chi connectivity index (χ2n) is 7.72. The molecule has 0 spiro atoms. The SMILES string of the molecule is CCNC(=NCC1(CS(C)(=O)=O)CC1)NCC1(CCOC)CCC1.I. The van der Waals surface area contributed by atoms with Gasteiger partial charge in [-0.3, -0.25) is 4.99 Å². The van der Waals surface area contributed by atoms with E-state index in [1.807, 2.05) is 6.92 Å². The monoisotopic (exact) mass is 487 g/mol. The molecule has 0 amide bonds. The number of hydrogen-bond acceptors (Lipinski definition) is 4. The summed E-state index contributed by atoms with van der Waals surface area (Å²) in [7, 11) is -1.19. The van der Waals surface area contributed by atoms with Gasteiger partial charge < -0.3 is 15.4 Å². The Hall–Kier alpha value is -0.0900. The second-order valence-corrected chi connectivity index (χ2v) is 9.86. The van der Waals surface area contributed by atoms with Crippen LogP contribution >= 0.6 is 24.0 Å². The van der Waals surface area contributed by atoms with Crippen LogP contribution in [0.25, 0.3) is 0 Å². The average molecular weight is 487 g/mol. The number of hydrogen-bond donors (Lipinski definition) is 2. The molecule has 0 unspecified atom stereocenters. The number of methoxy groups -OCH3 is 1. The van der Waals surface area contributed by atoms with E-state index in [2.05, 4.69) is 15.6 Å². The van der Waals surface area contributed by atoms with Gasteiger partial charge >= 0.3 is 0 Å². The van der Waals surface area contributed by atoms with Crippen molar-refractivity contribution in [1.29, 1.82) is 0 Å². The summed E-state index contributed by atoms with van der Waals surface area (Å²) in [6, 6.07) is 0. The van der Waals surface area contributed by atoms with Crippen LogP contribution in [0.5, 0.6) is 0 Å². The molecule has 2 rings (SSSR count). The lowest BCUT2D eigenvalue weighted by molar-refractivity contribution is 0.0732. The first-order valence-corrected chi connectivity index (χ1v) is 11.1. The fourth-order valence-corrected chi connectivity index (χ4v) is 4.94. The maximum Gasteiger partial charge on any atom is 0.191 e. The van der Waals surface area contributed by atoms with Gasteiger partial charge in [0, 0.05) is 45.0 Å². The van der Waals surface area contributed by atoms with Crippen molar-refractivity contribution in [2.24, 2.45) is 15.8 Å². The van der Waals surface area contributed by atoms with Crippen molar-refractivity contribution in [2.75, 3.05) is 45.4 Å². The fraction of sp³-hybridized carbons (Fsp3) is 0.941. The molecule has 6 nitrogen and oxygen atoms in total. The Morgan fingerprint density at radius 3 is 2.28 bits per heavy atom. The molecule has 25 heavy (non-hydrogen) atoms. The average Bonchev–Trinajstić information content (AvgIpc) is 3.21. The molecule has 0 atom stereocenters. The minimum atomic E-state index is -2.94. The minimum absolute atomic E-state index is 0. The molecule has 2 aliphatic rings. The summed E-state index contributed by atoms with van der Waals surface area (Å²) in [5.41, 5.74) is 0.205. The van der Waals surface area contributed by atoms with E-state index >= 15 is 0 Å². The first-order valence-electron chi connectivity index (χ1n) is 9.01. The Balaban J connectivity index is 0.00000312. The standard InChI is InChI=1S/C17H33N3O3S.HI/c1-4-18-15(19-12-16(6-5-7-16)10-11-23-2)20-13-17(8-9-17)14-24(3,21)22;/h4-14H2,1-3H3,(H2,18,19,20);1H. The van der Waals surface area contributed by atoms with Crippen molar-refractivity contribution in [2.45, 2.75) is 45.4 Å². The van der Waals surface area contributed by atoms with Crippen LogP contribution in [0, 0.1) is 10.8 Å². The number of halogens is 1. The lowest BCUT2D eigenvalue weighted by Crippen LogP contribution is -2.47. The molecule has 0 heterocycles. The molecule has 0 aromatic rings. The Kier molecular flexibility index (Phi) is 8.93. The van der Waals surface area contributed by atoms with E-state index in [0.717, 1.165) is 44.9 Å². The third kappa shape index (κ3) is 7.58. The summed E-state index contributed by atoms with van der Waals surface area (Å²) in [6.07, 6.45) is 8.07. The topological polar surface area (TPSA) is 79.8 Å². The van der Waals surface area contributed by atoms with Gasteiger partial charge in [-0.2, -0.15) is 0 Å². The molecule has 0 saturated heterocycles. The maximum absolute atomic E-state index is 11.6. The van der Waals surface area contributed by atoms with Gasteiger partial charge in [-0.1, -0.05) is 6.42 Å². The zero-order valence-corrected chi connectivity index (χ0v) is 18.9. The number of nitrogens with zero attached hydrogens (tertiary/aromatic N) is 1. The summed E-state index contributed by atoms with van der Waals surface area (Å²) in [5, 5.41) is 6.75. The Morgan fingerprint density at radius 1 is 1.16 bits per heavy atom. The molecule has 0 aliphatic heterocycles. The number of guanidine groups is 1. The van der Waals surface area contributed by atoms with E-state index in [1.54, 1.807) is 7.11 Å². The smallest absolute Gasteiger partial charge is 0.191 e. The van der Waals surface area contributed by atoms with Gasteiger partial charge in [0.05, 0.1) is 5.75 Å². The highest BCUT2D eigenvalue weighted by atomic mass is 127. The molecule has 2 N–H and O–H groups in total. The normalized spacial score (nSPS) is 21.0. The Bertz CT molecular complexity index is 543. The zero-order valence-electron chi connectivity index (χ0n) is 15.8. The summed E-state index contributed by atoms with van der Waals surface area (Å²) in [4.78, 5) is 4.67. The predicted octanol–water partition coefficient (Wildman–Crippen LogP) is 2.19. The number of nitrogens with one attached hydrogen (secondary N) is 2. The molecular formula is C17H34IN3O3S. The summed E-state index contributed by atoms with van der Waals surface area (Å²) < 4.78 is 28.4. The largest absolute Gasteiger partial charge is 0.385 e. The quantitative estimate of drug-likeness (QED) is 0.281. The van der Waals surface area contributed by atoms with Crippen molar-refractivity contribution in [3.05, 3.63) is 0 Å². The van der Waals surface area contributed by atoms with E-state index in [9.17, 15) is 8.42 Å². The third-order valence-corrected chi connectivity index (χ3v) is 6.46. The van der Waals surface area contributed by atoms with E-state index in [1.165, 1.54) is 25.5 Å². The van der Waals surface area contributed by atoms with Crippen LogP contribution in [0.15, 0.2) is 4.99 Å². The van der Waals surface area contributed by atoms with Crippen molar-refractivity contribution < 1.29 is 13.2 Å². The van der Waals surface area contributed by atoms with Crippen molar-refractivity contribution in [3.8, 4) is 0 Å². The maximum atomic E-state index is 11.6. The summed E-state index contributed by atoms with van der Waals surface area (Å²) in [5.74, 6) is 1.06. The molecule has 2 saturated carbocycles. The molecule has 0 aromatic carbocycles. The second kappa shape index (κ2) is 9.73. The highest BCUT2D eigenvalue weighted by molar-refractivity contribution is 14.0. The molecule has 2 aliphatic carbocycles. The minimum Gasteiger partial charge on any atom is -0.385 e. The van der Waals surface area contributed by atoms with Gasteiger partial charge in [0.1, 0.15) is 9.84 Å². The summed E-state index contributed by atoms with van der Waals surface area (Å²) >= 11 is 0. The highest BCUT2D eigenvalue weighted by Gasteiger charge is 2.45. The van der Waals surface area contributed by atoms with Gasteiger partial charge in [-0.05, 0) is 44.4 Å². The zero-order chi connectivity index (χ0) is 17.7. The van der Waals surface area contributed by atoms with E-state index in [4.69, 9.17) is 4.74 Å². The van der Waals surface area contributed by atoms with Crippen molar-refractivity contribution in [3.63, 3.8) is 0 Å². The molecule has 8 heteroatoms. The van der Waals surface area contributed by atoms with E-state index < -0.39 is 9.84 Å². The van der Waals surface area contributed by atoms with E-state index in [0.29, 0.717) is 12.0 Å². The van der Waals surface area contributed by atoms with Crippen LogP contribution in [0.3, 0.4) is 0 Å². The Morgan fingerprint density at radius 2 is 1.84 bits per heavy atom. The Labute approximate surface area is 169 Å². The van der Waals surface area contributed by atoms with Crippen molar-refractivity contribution >= 4 is 39.8 Å². The first-order chi connectivity index (χ1) is 11.3. The molecule has 148 valence electrons. The first kappa shape index (κ1) is 23.0.